The molecule has 1 heterocycles. The standard InChI is InChI=1S/C12H18N2O/c1-9-5-6-10(8-13-9)14-11(15)7-12(2,3)4/h5-6,8H,7H2,1-4H3,(H,14,15). The van der Waals surface area contributed by atoms with Crippen LogP contribution in [0.5, 0.6) is 0 Å². The monoisotopic (exact) mass is 206 g/mol. The fraction of sp³-hybridized carbons (Fsp3) is 0.500. The summed E-state index contributed by atoms with van der Waals surface area (Å²) >= 11 is 0. The molecule has 0 saturated heterocycles. The van der Waals surface area contributed by atoms with Crippen molar-refractivity contribution >= 4 is 11.6 Å². The molecule has 1 rings (SSSR count). The van der Waals surface area contributed by atoms with Crippen molar-refractivity contribution in [1.82, 2.24) is 4.98 Å². The summed E-state index contributed by atoms with van der Waals surface area (Å²) in [6.07, 6.45) is 2.19. The lowest BCUT2D eigenvalue weighted by atomic mass is 9.92. The highest BCUT2D eigenvalue weighted by atomic mass is 16.1. The molecule has 0 fully saturated rings. The molecule has 0 aliphatic carbocycles. The second kappa shape index (κ2) is 4.43. The second-order valence-corrected chi connectivity index (χ2v) is 4.97. The van der Waals surface area contributed by atoms with E-state index < -0.39 is 0 Å². The SMILES string of the molecule is Cc1ccc(NC(=O)CC(C)(C)C)cn1. The van der Waals surface area contributed by atoms with Gasteiger partial charge >= 0.3 is 0 Å². The lowest BCUT2D eigenvalue weighted by Crippen LogP contribution is -2.19. The van der Waals surface area contributed by atoms with E-state index in [2.05, 4.69) is 10.3 Å². The maximum atomic E-state index is 11.6. The first kappa shape index (κ1) is 11.7. The molecule has 1 amide bonds. The summed E-state index contributed by atoms with van der Waals surface area (Å²) in [4.78, 5) is 15.7. The number of nitrogens with zero attached hydrogens (tertiary/aromatic N) is 1. The molecule has 3 nitrogen and oxygen atoms in total. The molecule has 0 atom stereocenters. The predicted octanol–water partition coefficient (Wildman–Crippen LogP) is 2.76. The van der Waals surface area contributed by atoms with Crippen molar-refractivity contribution in [2.24, 2.45) is 5.41 Å². The molecule has 0 aromatic carbocycles. The van der Waals surface area contributed by atoms with Crippen LogP contribution in [0.1, 0.15) is 32.9 Å². The van der Waals surface area contributed by atoms with E-state index in [4.69, 9.17) is 0 Å². The highest BCUT2D eigenvalue weighted by molar-refractivity contribution is 5.90. The number of nitrogens with one attached hydrogen (secondary N) is 1. The third kappa shape index (κ3) is 4.58. The summed E-state index contributed by atoms with van der Waals surface area (Å²) < 4.78 is 0. The zero-order valence-electron chi connectivity index (χ0n) is 9.79. The number of aromatic nitrogens is 1. The van der Waals surface area contributed by atoms with E-state index in [1.54, 1.807) is 6.20 Å². The van der Waals surface area contributed by atoms with Gasteiger partial charge in [0.2, 0.25) is 5.91 Å². The summed E-state index contributed by atoms with van der Waals surface area (Å²) in [5.74, 6) is 0.0353. The van der Waals surface area contributed by atoms with Gasteiger partial charge in [-0.25, -0.2) is 0 Å². The molecule has 1 N–H and O–H groups in total. The topological polar surface area (TPSA) is 42.0 Å². The van der Waals surface area contributed by atoms with Gasteiger partial charge in [-0.1, -0.05) is 20.8 Å². The molecule has 15 heavy (non-hydrogen) atoms. The Morgan fingerprint density at radius 3 is 2.53 bits per heavy atom. The van der Waals surface area contributed by atoms with Crippen LogP contribution in [0.4, 0.5) is 5.69 Å². The number of hydrogen-bond acceptors (Lipinski definition) is 2. The molecule has 0 spiro atoms. The molecule has 1 aromatic rings. The quantitative estimate of drug-likeness (QED) is 0.808. The maximum Gasteiger partial charge on any atom is 0.224 e. The summed E-state index contributed by atoms with van der Waals surface area (Å²) in [7, 11) is 0. The highest BCUT2D eigenvalue weighted by Crippen LogP contribution is 2.19. The van der Waals surface area contributed by atoms with E-state index in [1.165, 1.54) is 0 Å². The van der Waals surface area contributed by atoms with Crippen molar-refractivity contribution in [1.29, 1.82) is 0 Å². The van der Waals surface area contributed by atoms with Gasteiger partial charge in [-0.15, -0.1) is 0 Å². The largest absolute Gasteiger partial charge is 0.325 e. The zero-order valence-corrected chi connectivity index (χ0v) is 9.79. The Bertz CT molecular complexity index is 336. The van der Waals surface area contributed by atoms with Crippen LogP contribution in [0.25, 0.3) is 0 Å². The highest BCUT2D eigenvalue weighted by Gasteiger charge is 2.15. The van der Waals surface area contributed by atoms with Crippen LogP contribution in [0.15, 0.2) is 18.3 Å². The zero-order chi connectivity index (χ0) is 11.5. The lowest BCUT2D eigenvalue weighted by Gasteiger charge is -2.17. The van der Waals surface area contributed by atoms with E-state index >= 15 is 0 Å². The van der Waals surface area contributed by atoms with Crippen molar-refractivity contribution in [2.75, 3.05) is 5.32 Å². The van der Waals surface area contributed by atoms with E-state index in [9.17, 15) is 4.79 Å². The first-order valence-corrected chi connectivity index (χ1v) is 5.09. The van der Waals surface area contributed by atoms with E-state index in [-0.39, 0.29) is 11.3 Å². The van der Waals surface area contributed by atoms with Crippen molar-refractivity contribution in [3.63, 3.8) is 0 Å². The first-order chi connectivity index (χ1) is 6.87. The van der Waals surface area contributed by atoms with Crippen LogP contribution in [0.2, 0.25) is 0 Å². The minimum Gasteiger partial charge on any atom is -0.325 e. The Labute approximate surface area is 90.9 Å². The van der Waals surface area contributed by atoms with Crippen molar-refractivity contribution in [3.05, 3.63) is 24.0 Å². The van der Waals surface area contributed by atoms with Crippen LogP contribution in [-0.2, 0) is 4.79 Å². The van der Waals surface area contributed by atoms with Crippen molar-refractivity contribution in [2.45, 2.75) is 34.1 Å². The molecule has 0 radical (unpaired) electrons. The second-order valence-electron chi connectivity index (χ2n) is 4.97. The smallest absolute Gasteiger partial charge is 0.224 e. The summed E-state index contributed by atoms with van der Waals surface area (Å²) in [6.45, 7) is 8.04. The van der Waals surface area contributed by atoms with Crippen LogP contribution < -0.4 is 5.32 Å². The minimum atomic E-state index is 0.0161. The number of rotatable bonds is 2. The Balaban J connectivity index is 2.55. The average molecular weight is 206 g/mol. The van der Waals surface area contributed by atoms with Gasteiger partial charge in [0.05, 0.1) is 11.9 Å². The molecule has 3 heteroatoms. The fourth-order valence-corrected chi connectivity index (χ4v) is 1.23. The van der Waals surface area contributed by atoms with Crippen molar-refractivity contribution in [3.8, 4) is 0 Å². The van der Waals surface area contributed by atoms with Gasteiger partial charge in [-0.2, -0.15) is 0 Å². The van der Waals surface area contributed by atoms with Crippen molar-refractivity contribution < 1.29 is 4.79 Å². The van der Waals surface area contributed by atoms with E-state index in [1.807, 2.05) is 39.8 Å². The minimum absolute atomic E-state index is 0.0161. The molecule has 0 unspecified atom stereocenters. The average Bonchev–Trinajstić information content (AvgIpc) is 2.05. The molecule has 0 aliphatic heterocycles. The van der Waals surface area contributed by atoms with E-state index in [0.29, 0.717) is 6.42 Å². The van der Waals surface area contributed by atoms with Gasteiger partial charge < -0.3 is 5.32 Å². The maximum absolute atomic E-state index is 11.6. The number of pyridine rings is 1. The number of carbonyl (C=O) groups excluding carboxylic acids is 1. The van der Waals surface area contributed by atoms with E-state index in [0.717, 1.165) is 11.4 Å². The number of hydrogen-bond donors (Lipinski definition) is 1. The van der Waals surface area contributed by atoms with Gasteiger partial charge in [-0.05, 0) is 24.5 Å². The number of carbonyl (C=O) groups is 1. The summed E-state index contributed by atoms with van der Waals surface area (Å²) in [5, 5.41) is 2.82. The molecular formula is C12H18N2O. The van der Waals surface area contributed by atoms with Gasteiger partial charge in [0.1, 0.15) is 0 Å². The number of amides is 1. The third-order valence-electron chi connectivity index (χ3n) is 1.89. The predicted molar refractivity (Wildman–Crippen MR) is 61.7 cm³/mol. The van der Waals surface area contributed by atoms with Crippen LogP contribution >= 0.6 is 0 Å². The van der Waals surface area contributed by atoms with Gasteiger partial charge in [0.15, 0.2) is 0 Å². The van der Waals surface area contributed by atoms with Crippen LogP contribution in [0, 0.1) is 12.3 Å². The lowest BCUT2D eigenvalue weighted by molar-refractivity contribution is -0.117. The van der Waals surface area contributed by atoms with Crippen LogP contribution in [-0.4, -0.2) is 10.9 Å². The Morgan fingerprint density at radius 2 is 2.07 bits per heavy atom. The molecule has 0 bridgehead atoms. The molecular weight excluding hydrogens is 188 g/mol. The summed E-state index contributed by atoms with van der Waals surface area (Å²) in [6, 6.07) is 3.75. The molecule has 0 saturated carbocycles. The van der Waals surface area contributed by atoms with Gasteiger partial charge in [0, 0.05) is 12.1 Å². The van der Waals surface area contributed by atoms with Gasteiger partial charge in [0.25, 0.3) is 0 Å². The Kier molecular flexibility index (Phi) is 3.45. The summed E-state index contributed by atoms with van der Waals surface area (Å²) in [5.41, 5.74) is 1.72. The first-order valence-electron chi connectivity index (χ1n) is 5.09. The normalized spacial score (nSPS) is 11.2. The molecule has 82 valence electrons. The van der Waals surface area contributed by atoms with Gasteiger partial charge in [-0.3, -0.25) is 9.78 Å². The Morgan fingerprint density at radius 1 is 1.40 bits per heavy atom. The fourth-order valence-electron chi connectivity index (χ4n) is 1.23. The Hall–Kier alpha value is -1.38. The van der Waals surface area contributed by atoms with Crippen LogP contribution in [0.3, 0.4) is 0 Å². The molecule has 1 aromatic heterocycles. The third-order valence-corrected chi connectivity index (χ3v) is 1.89. The molecule has 0 aliphatic rings. The number of aryl methyl sites for hydroxylation is 1. The number of anilines is 1.